The molecule has 2 aromatic carbocycles. The Morgan fingerprint density at radius 3 is 2.65 bits per heavy atom. The first-order chi connectivity index (χ1) is 11.0. The number of aromatic carboxylic acids is 1. The zero-order valence-electron chi connectivity index (χ0n) is 12.6. The minimum absolute atomic E-state index is 0.163. The van der Waals surface area contributed by atoms with Crippen LogP contribution >= 0.6 is 11.6 Å². The van der Waals surface area contributed by atoms with Crippen molar-refractivity contribution in [2.24, 2.45) is 0 Å². The molecule has 0 aliphatic carbocycles. The molecule has 0 amide bonds. The van der Waals surface area contributed by atoms with E-state index < -0.39 is 5.97 Å². The highest BCUT2D eigenvalue weighted by atomic mass is 35.5. The summed E-state index contributed by atoms with van der Waals surface area (Å²) in [5, 5.41) is 10.5. The Morgan fingerprint density at radius 1 is 1.17 bits per heavy atom. The summed E-state index contributed by atoms with van der Waals surface area (Å²) in [6.45, 7) is 1.96. The molecule has 1 heterocycles. The van der Waals surface area contributed by atoms with Gasteiger partial charge in [0.15, 0.2) is 0 Å². The molecule has 3 rings (SSSR count). The van der Waals surface area contributed by atoms with Gasteiger partial charge in [-0.05, 0) is 43.3 Å². The molecule has 23 heavy (non-hydrogen) atoms. The number of benzene rings is 2. The van der Waals surface area contributed by atoms with Crippen LogP contribution in [0.15, 0.2) is 42.5 Å². The molecule has 5 heteroatoms. The maximum atomic E-state index is 11.6. The van der Waals surface area contributed by atoms with Gasteiger partial charge in [-0.15, -0.1) is 0 Å². The average molecular weight is 328 g/mol. The van der Waals surface area contributed by atoms with Crippen LogP contribution in [0.2, 0.25) is 5.02 Å². The number of halogens is 1. The van der Waals surface area contributed by atoms with Crippen molar-refractivity contribution in [3.63, 3.8) is 0 Å². The average Bonchev–Trinajstić information content (AvgIpc) is 2.53. The Hall–Kier alpha value is -2.59. The smallest absolute Gasteiger partial charge is 0.336 e. The Bertz CT molecular complexity index is 922. The van der Waals surface area contributed by atoms with Crippen LogP contribution in [0, 0.1) is 6.92 Å². The van der Waals surface area contributed by atoms with E-state index >= 15 is 0 Å². The van der Waals surface area contributed by atoms with Crippen LogP contribution in [0.25, 0.3) is 22.2 Å². The lowest BCUT2D eigenvalue weighted by Crippen LogP contribution is -2.01. The third-order valence-corrected chi connectivity index (χ3v) is 3.87. The largest absolute Gasteiger partial charge is 0.496 e. The van der Waals surface area contributed by atoms with Gasteiger partial charge in [-0.25, -0.2) is 9.78 Å². The van der Waals surface area contributed by atoms with Gasteiger partial charge in [0.25, 0.3) is 0 Å². The third-order valence-electron chi connectivity index (χ3n) is 3.63. The van der Waals surface area contributed by atoms with Gasteiger partial charge >= 0.3 is 5.97 Å². The minimum Gasteiger partial charge on any atom is -0.496 e. The normalized spacial score (nSPS) is 10.7. The second-order valence-corrected chi connectivity index (χ2v) is 5.66. The highest BCUT2D eigenvalue weighted by Gasteiger charge is 2.15. The first-order valence-electron chi connectivity index (χ1n) is 6.98. The number of methoxy groups -OCH3 is 1. The van der Waals surface area contributed by atoms with Gasteiger partial charge < -0.3 is 9.84 Å². The molecule has 1 aromatic heterocycles. The Balaban J connectivity index is 2.33. The molecule has 0 atom stereocenters. The lowest BCUT2D eigenvalue weighted by atomic mass is 10.0. The quantitative estimate of drug-likeness (QED) is 0.765. The summed E-state index contributed by atoms with van der Waals surface area (Å²) >= 11 is 5.98. The number of hydrogen-bond acceptors (Lipinski definition) is 3. The van der Waals surface area contributed by atoms with Crippen LogP contribution in [0.4, 0.5) is 0 Å². The summed E-state index contributed by atoms with van der Waals surface area (Å²) < 4.78 is 5.38. The molecule has 1 N–H and O–H groups in total. The maximum absolute atomic E-state index is 11.6. The summed E-state index contributed by atoms with van der Waals surface area (Å²) in [4.78, 5) is 16.2. The van der Waals surface area contributed by atoms with Crippen LogP contribution < -0.4 is 4.74 Å². The van der Waals surface area contributed by atoms with Crippen LogP contribution in [0.5, 0.6) is 5.75 Å². The predicted molar refractivity (Wildman–Crippen MR) is 90.4 cm³/mol. The molecule has 0 unspecified atom stereocenters. The summed E-state index contributed by atoms with van der Waals surface area (Å²) in [7, 11) is 1.58. The van der Waals surface area contributed by atoms with Crippen molar-refractivity contribution in [1.29, 1.82) is 0 Å². The van der Waals surface area contributed by atoms with E-state index in [2.05, 4.69) is 4.98 Å². The number of ether oxygens (including phenoxy) is 1. The number of carboxylic acid groups (broad SMARTS) is 1. The van der Waals surface area contributed by atoms with Crippen LogP contribution in [0.3, 0.4) is 0 Å². The predicted octanol–water partition coefficient (Wildman–Crippen LogP) is 4.57. The number of carbonyl (C=O) groups is 1. The molecular formula is C18H14ClNO3. The number of aromatic nitrogens is 1. The number of nitrogens with zero attached hydrogens (tertiary/aromatic N) is 1. The Labute approximate surface area is 138 Å². The summed E-state index contributed by atoms with van der Waals surface area (Å²) in [5.41, 5.74) is 3.09. The summed E-state index contributed by atoms with van der Waals surface area (Å²) in [6, 6.07) is 12.3. The van der Waals surface area contributed by atoms with Crippen molar-refractivity contribution in [3.8, 4) is 17.0 Å². The zero-order chi connectivity index (χ0) is 16.6. The van der Waals surface area contributed by atoms with E-state index in [4.69, 9.17) is 16.3 Å². The summed E-state index contributed by atoms with van der Waals surface area (Å²) in [5.74, 6) is -0.375. The lowest BCUT2D eigenvalue weighted by Gasteiger charge is -2.11. The first kappa shape index (κ1) is 15.3. The van der Waals surface area contributed by atoms with Crippen molar-refractivity contribution in [2.45, 2.75) is 6.92 Å². The fraction of sp³-hybridized carbons (Fsp3) is 0.111. The minimum atomic E-state index is -1.02. The van der Waals surface area contributed by atoms with E-state index in [1.807, 2.05) is 25.1 Å². The fourth-order valence-electron chi connectivity index (χ4n) is 2.53. The van der Waals surface area contributed by atoms with Gasteiger partial charge in [-0.1, -0.05) is 23.2 Å². The first-order valence-corrected chi connectivity index (χ1v) is 7.36. The highest BCUT2D eigenvalue weighted by molar-refractivity contribution is 6.31. The van der Waals surface area contributed by atoms with Gasteiger partial charge in [0.1, 0.15) is 5.75 Å². The van der Waals surface area contributed by atoms with Crippen molar-refractivity contribution in [3.05, 3.63) is 58.6 Å². The van der Waals surface area contributed by atoms with E-state index in [1.54, 1.807) is 31.4 Å². The molecule has 0 saturated heterocycles. The number of carboxylic acids is 1. The van der Waals surface area contributed by atoms with Crippen molar-refractivity contribution >= 4 is 28.5 Å². The van der Waals surface area contributed by atoms with Crippen LogP contribution in [0.1, 0.15) is 15.9 Å². The van der Waals surface area contributed by atoms with Gasteiger partial charge in [0, 0.05) is 16.0 Å². The van der Waals surface area contributed by atoms with E-state index in [0.29, 0.717) is 27.4 Å². The second-order valence-electron chi connectivity index (χ2n) is 5.23. The standard InChI is InChI=1S/C18H14ClNO3/c1-10-3-6-17(23-2)14(7-10)16-9-13(18(21)22)12-8-11(19)4-5-15(12)20-16/h3-9H,1-2H3,(H,21,22). The molecule has 0 spiro atoms. The number of fused-ring (bicyclic) bond motifs is 1. The zero-order valence-corrected chi connectivity index (χ0v) is 13.4. The second kappa shape index (κ2) is 5.89. The fourth-order valence-corrected chi connectivity index (χ4v) is 2.71. The molecule has 4 nitrogen and oxygen atoms in total. The monoisotopic (exact) mass is 327 g/mol. The number of hydrogen-bond donors (Lipinski definition) is 1. The summed E-state index contributed by atoms with van der Waals surface area (Å²) in [6.07, 6.45) is 0. The lowest BCUT2D eigenvalue weighted by molar-refractivity contribution is 0.0699. The van der Waals surface area contributed by atoms with Crippen LogP contribution in [-0.4, -0.2) is 23.2 Å². The third kappa shape index (κ3) is 2.85. The number of rotatable bonds is 3. The van der Waals surface area contributed by atoms with Crippen molar-refractivity contribution in [1.82, 2.24) is 4.98 Å². The molecule has 0 aliphatic heterocycles. The molecule has 0 aliphatic rings. The highest BCUT2D eigenvalue weighted by Crippen LogP contribution is 2.33. The maximum Gasteiger partial charge on any atom is 0.336 e. The SMILES string of the molecule is COc1ccc(C)cc1-c1cc(C(=O)O)c2cc(Cl)ccc2n1. The molecule has 0 bridgehead atoms. The van der Waals surface area contributed by atoms with Gasteiger partial charge in [-0.3, -0.25) is 0 Å². The molecule has 116 valence electrons. The number of pyridine rings is 1. The molecule has 0 radical (unpaired) electrons. The van der Waals surface area contributed by atoms with Gasteiger partial charge in [-0.2, -0.15) is 0 Å². The molecular weight excluding hydrogens is 314 g/mol. The molecule has 3 aromatic rings. The Morgan fingerprint density at radius 2 is 1.96 bits per heavy atom. The molecule has 0 saturated carbocycles. The van der Waals surface area contributed by atoms with Gasteiger partial charge in [0.05, 0.1) is 23.9 Å². The van der Waals surface area contributed by atoms with E-state index in [-0.39, 0.29) is 5.56 Å². The van der Waals surface area contributed by atoms with Gasteiger partial charge in [0.2, 0.25) is 0 Å². The van der Waals surface area contributed by atoms with Crippen molar-refractivity contribution in [2.75, 3.05) is 7.11 Å². The number of aryl methyl sites for hydroxylation is 1. The molecule has 0 fully saturated rings. The Kier molecular flexibility index (Phi) is 3.92. The van der Waals surface area contributed by atoms with Crippen LogP contribution in [-0.2, 0) is 0 Å². The topological polar surface area (TPSA) is 59.4 Å². The van der Waals surface area contributed by atoms with Crippen molar-refractivity contribution < 1.29 is 14.6 Å². The van der Waals surface area contributed by atoms with E-state index in [1.165, 1.54) is 0 Å². The van der Waals surface area contributed by atoms with E-state index in [9.17, 15) is 9.90 Å². The van der Waals surface area contributed by atoms with E-state index in [0.717, 1.165) is 11.1 Å².